The predicted molar refractivity (Wildman–Crippen MR) is 82.7 cm³/mol. The van der Waals surface area contributed by atoms with Crippen LogP contribution >= 0.6 is 23.2 Å². The van der Waals surface area contributed by atoms with Gasteiger partial charge in [-0.25, -0.2) is 4.98 Å². The highest BCUT2D eigenvalue weighted by Crippen LogP contribution is 2.28. The smallest absolute Gasteiger partial charge is 0.161 e. The number of hydrogen-bond acceptors (Lipinski definition) is 3. The summed E-state index contributed by atoms with van der Waals surface area (Å²) in [6.45, 7) is 3.50. The molecule has 0 saturated carbocycles. The predicted octanol–water partition coefficient (Wildman–Crippen LogP) is 4.76. The van der Waals surface area contributed by atoms with Crippen molar-refractivity contribution in [2.75, 3.05) is 5.32 Å². The number of aromatic nitrogens is 1. The Morgan fingerprint density at radius 3 is 2.55 bits per heavy atom. The number of pyridine rings is 1. The minimum absolute atomic E-state index is 0.00200. The van der Waals surface area contributed by atoms with E-state index in [4.69, 9.17) is 23.2 Å². The van der Waals surface area contributed by atoms with Gasteiger partial charge < -0.3 is 5.32 Å². The van der Waals surface area contributed by atoms with E-state index in [-0.39, 0.29) is 11.8 Å². The number of nitrogens with zero attached hydrogens (tertiary/aromatic N) is 1. The summed E-state index contributed by atoms with van der Waals surface area (Å²) < 4.78 is 0. The SMILES string of the molecule is CC(=O)c1ccc(N[C@@H](C)c2ccc(Cl)cc2Cl)nc1. The van der Waals surface area contributed by atoms with Gasteiger partial charge in [-0.3, -0.25) is 4.79 Å². The van der Waals surface area contributed by atoms with E-state index in [0.717, 1.165) is 5.56 Å². The molecule has 5 heteroatoms. The summed E-state index contributed by atoms with van der Waals surface area (Å²) in [5.41, 5.74) is 1.53. The minimum atomic E-state index is -0.0181. The second kappa shape index (κ2) is 6.25. The summed E-state index contributed by atoms with van der Waals surface area (Å²) >= 11 is 12.0. The van der Waals surface area contributed by atoms with Crippen LogP contribution < -0.4 is 5.32 Å². The van der Waals surface area contributed by atoms with Gasteiger partial charge in [0.2, 0.25) is 0 Å². The standard InChI is InChI=1S/C15H14Cl2N2O/c1-9(13-5-4-12(16)7-14(13)17)19-15-6-3-11(8-18-15)10(2)20/h3-9H,1-2H3,(H,18,19)/t9-/m0/s1. The minimum Gasteiger partial charge on any atom is -0.363 e. The van der Waals surface area contributed by atoms with E-state index in [2.05, 4.69) is 10.3 Å². The lowest BCUT2D eigenvalue weighted by molar-refractivity contribution is 0.101. The molecule has 0 saturated heterocycles. The Morgan fingerprint density at radius 2 is 2.00 bits per heavy atom. The van der Waals surface area contributed by atoms with Crippen LogP contribution in [-0.2, 0) is 0 Å². The number of carbonyl (C=O) groups excluding carboxylic acids is 1. The molecular weight excluding hydrogens is 295 g/mol. The number of carbonyl (C=O) groups is 1. The fraction of sp³-hybridized carbons (Fsp3) is 0.200. The van der Waals surface area contributed by atoms with Crippen LogP contribution in [0.1, 0.15) is 35.8 Å². The fourth-order valence-electron chi connectivity index (χ4n) is 1.84. The van der Waals surface area contributed by atoms with E-state index in [9.17, 15) is 4.79 Å². The molecule has 1 aromatic carbocycles. The molecule has 2 aromatic rings. The van der Waals surface area contributed by atoms with E-state index < -0.39 is 0 Å². The molecule has 0 unspecified atom stereocenters. The number of rotatable bonds is 4. The highest BCUT2D eigenvalue weighted by Gasteiger charge is 2.10. The molecule has 1 heterocycles. The number of benzene rings is 1. The molecular formula is C15H14Cl2N2O. The summed E-state index contributed by atoms with van der Waals surface area (Å²) in [6, 6.07) is 8.89. The van der Waals surface area contributed by atoms with Crippen LogP contribution in [0.25, 0.3) is 0 Å². The number of ketones is 1. The Hall–Kier alpha value is -1.58. The summed E-state index contributed by atoms with van der Waals surface area (Å²) in [5.74, 6) is 0.686. The molecule has 1 N–H and O–H groups in total. The Labute approximate surface area is 127 Å². The van der Waals surface area contributed by atoms with E-state index >= 15 is 0 Å². The second-order valence-electron chi connectivity index (χ2n) is 4.52. The molecule has 0 bridgehead atoms. The molecule has 3 nitrogen and oxygen atoms in total. The maximum atomic E-state index is 11.2. The average molecular weight is 309 g/mol. The van der Waals surface area contributed by atoms with Crippen LogP contribution in [0.15, 0.2) is 36.5 Å². The van der Waals surface area contributed by atoms with Gasteiger partial charge in [0.25, 0.3) is 0 Å². The maximum absolute atomic E-state index is 11.2. The highest BCUT2D eigenvalue weighted by atomic mass is 35.5. The Balaban J connectivity index is 2.14. The van der Waals surface area contributed by atoms with Gasteiger partial charge in [0.1, 0.15) is 5.82 Å². The molecule has 20 heavy (non-hydrogen) atoms. The summed E-state index contributed by atoms with van der Waals surface area (Å²) in [4.78, 5) is 15.4. The van der Waals surface area contributed by atoms with E-state index in [1.165, 1.54) is 6.92 Å². The first-order chi connectivity index (χ1) is 9.47. The van der Waals surface area contributed by atoms with Gasteiger partial charge in [-0.05, 0) is 43.7 Å². The third-order valence-corrected chi connectivity index (χ3v) is 3.53. The summed E-state index contributed by atoms with van der Waals surface area (Å²) in [7, 11) is 0. The first kappa shape index (κ1) is 14.8. The normalized spacial score (nSPS) is 12.0. The van der Waals surface area contributed by atoms with Crippen LogP contribution in [0.5, 0.6) is 0 Å². The van der Waals surface area contributed by atoms with E-state index in [0.29, 0.717) is 21.4 Å². The van der Waals surface area contributed by atoms with Gasteiger partial charge in [0.05, 0.1) is 6.04 Å². The largest absolute Gasteiger partial charge is 0.363 e. The monoisotopic (exact) mass is 308 g/mol. The third kappa shape index (κ3) is 3.50. The molecule has 1 atom stereocenters. The molecule has 0 aliphatic rings. The van der Waals surface area contributed by atoms with Gasteiger partial charge in [0.15, 0.2) is 5.78 Å². The topological polar surface area (TPSA) is 42.0 Å². The Kier molecular flexibility index (Phi) is 4.63. The quantitative estimate of drug-likeness (QED) is 0.828. The zero-order valence-electron chi connectivity index (χ0n) is 11.2. The summed E-state index contributed by atoms with van der Waals surface area (Å²) in [5, 5.41) is 4.45. The Morgan fingerprint density at radius 1 is 1.25 bits per heavy atom. The first-order valence-electron chi connectivity index (χ1n) is 6.16. The molecule has 0 aliphatic carbocycles. The van der Waals surface area contributed by atoms with Crippen molar-refractivity contribution >= 4 is 34.8 Å². The molecule has 0 amide bonds. The van der Waals surface area contributed by atoms with Crippen molar-refractivity contribution < 1.29 is 4.79 Å². The average Bonchev–Trinajstić information content (AvgIpc) is 2.39. The zero-order chi connectivity index (χ0) is 14.7. The fourth-order valence-corrected chi connectivity index (χ4v) is 2.41. The van der Waals surface area contributed by atoms with Crippen molar-refractivity contribution in [1.82, 2.24) is 4.98 Å². The molecule has 0 fully saturated rings. The maximum Gasteiger partial charge on any atom is 0.161 e. The van der Waals surface area contributed by atoms with Crippen LogP contribution in [0.3, 0.4) is 0 Å². The summed E-state index contributed by atoms with van der Waals surface area (Å²) in [6.07, 6.45) is 1.56. The van der Waals surface area contributed by atoms with Crippen LogP contribution in [0.2, 0.25) is 10.0 Å². The van der Waals surface area contributed by atoms with Gasteiger partial charge in [-0.1, -0.05) is 29.3 Å². The number of nitrogens with one attached hydrogen (secondary N) is 1. The van der Waals surface area contributed by atoms with Crippen molar-refractivity contribution in [2.24, 2.45) is 0 Å². The molecule has 1 aromatic heterocycles. The molecule has 2 rings (SSSR count). The lowest BCUT2D eigenvalue weighted by Crippen LogP contribution is -2.08. The number of hydrogen-bond donors (Lipinski definition) is 1. The van der Waals surface area contributed by atoms with Crippen molar-refractivity contribution in [3.63, 3.8) is 0 Å². The molecule has 104 valence electrons. The zero-order valence-corrected chi connectivity index (χ0v) is 12.7. The molecule has 0 aliphatic heterocycles. The van der Waals surface area contributed by atoms with Gasteiger partial charge in [-0.2, -0.15) is 0 Å². The van der Waals surface area contributed by atoms with E-state index in [1.54, 1.807) is 30.5 Å². The second-order valence-corrected chi connectivity index (χ2v) is 5.36. The van der Waals surface area contributed by atoms with Crippen molar-refractivity contribution in [2.45, 2.75) is 19.9 Å². The van der Waals surface area contributed by atoms with Crippen molar-refractivity contribution in [1.29, 1.82) is 0 Å². The van der Waals surface area contributed by atoms with Gasteiger partial charge >= 0.3 is 0 Å². The van der Waals surface area contributed by atoms with Crippen molar-refractivity contribution in [3.05, 3.63) is 57.7 Å². The van der Waals surface area contributed by atoms with Gasteiger partial charge in [0, 0.05) is 21.8 Å². The Bertz CT molecular complexity index is 626. The van der Waals surface area contributed by atoms with Crippen LogP contribution in [-0.4, -0.2) is 10.8 Å². The van der Waals surface area contributed by atoms with Crippen LogP contribution in [0.4, 0.5) is 5.82 Å². The first-order valence-corrected chi connectivity index (χ1v) is 6.91. The molecule has 0 spiro atoms. The van der Waals surface area contributed by atoms with Crippen LogP contribution in [0, 0.1) is 0 Å². The van der Waals surface area contributed by atoms with E-state index in [1.807, 2.05) is 13.0 Å². The lowest BCUT2D eigenvalue weighted by atomic mass is 10.1. The van der Waals surface area contributed by atoms with Gasteiger partial charge in [-0.15, -0.1) is 0 Å². The molecule has 0 radical (unpaired) electrons. The number of halogens is 2. The highest BCUT2D eigenvalue weighted by molar-refractivity contribution is 6.35. The third-order valence-electron chi connectivity index (χ3n) is 2.96. The number of anilines is 1. The van der Waals surface area contributed by atoms with Crippen molar-refractivity contribution in [3.8, 4) is 0 Å². The lowest BCUT2D eigenvalue weighted by Gasteiger charge is -2.16. The number of Topliss-reactive ketones (excluding diaryl/α,β-unsaturated/α-hetero) is 1.